The molecule has 2 N–H and O–H groups in total. The first-order valence-electron chi connectivity index (χ1n) is 20.5. The van der Waals surface area contributed by atoms with Gasteiger partial charge in [-0.05, 0) is 28.4 Å². The lowest BCUT2D eigenvalue weighted by Gasteiger charge is -2.22. The van der Waals surface area contributed by atoms with Gasteiger partial charge in [0.15, 0.2) is 0 Å². The zero-order valence-corrected chi connectivity index (χ0v) is 33.0. The smallest absolute Gasteiger partial charge is 0.391 e. The van der Waals surface area contributed by atoms with Gasteiger partial charge in [0.2, 0.25) is 0 Å². The van der Waals surface area contributed by atoms with Crippen LogP contribution in [0.1, 0.15) is 220 Å². The van der Waals surface area contributed by atoms with Crippen molar-refractivity contribution in [2.45, 2.75) is 232 Å². The Bertz CT molecular complexity index is 880. The number of carbonyl (C=O) groups is 2. The summed E-state index contributed by atoms with van der Waals surface area (Å²) in [5.74, 6) is -3.24. The normalized spacial score (nSPS) is 13.6. The average Bonchev–Trinajstić information content (AvgIpc) is 3.09. The minimum Gasteiger partial charge on any atom is -0.391 e. The number of unbranched alkanes of at least 4 members (excludes halogenated alkanes) is 27. The zero-order valence-electron chi connectivity index (χ0n) is 32.2. The first kappa shape index (κ1) is 48.7. The molecule has 0 aliphatic rings. The van der Waals surface area contributed by atoms with Crippen LogP contribution < -0.4 is 0 Å². The Kier molecular flexibility index (Phi) is 33.9. The summed E-state index contributed by atoms with van der Waals surface area (Å²) in [5.41, 5.74) is 0. The van der Waals surface area contributed by atoms with Gasteiger partial charge in [0.05, 0.1) is 18.1 Å². The van der Waals surface area contributed by atoms with Crippen molar-refractivity contribution in [2.75, 3.05) is 0 Å². The number of aliphatic hydroxyl groups is 2. The molecule has 10 nitrogen and oxygen atoms in total. The number of hydrogen-bond acceptors (Lipinski definition) is 10. The fourth-order valence-corrected chi connectivity index (χ4v) is 6.57. The second-order valence-electron chi connectivity index (χ2n) is 14.3. The molecule has 0 fully saturated rings. The van der Waals surface area contributed by atoms with E-state index in [4.69, 9.17) is 0 Å². The van der Waals surface area contributed by atoms with Crippen LogP contribution in [0.25, 0.3) is 0 Å². The minimum absolute atomic E-state index is 0.0184. The van der Waals surface area contributed by atoms with Gasteiger partial charge in [0, 0.05) is 6.42 Å². The molecule has 0 bridgehead atoms. The predicted molar refractivity (Wildman–Crippen MR) is 199 cm³/mol. The van der Waals surface area contributed by atoms with E-state index in [0.29, 0.717) is 12.8 Å². The maximum Gasteiger partial charge on any atom is 0.471 e. The minimum atomic E-state index is -4.99. The van der Waals surface area contributed by atoms with Crippen LogP contribution in [0.15, 0.2) is 0 Å². The summed E-state index contributed by atoms with van der Waals surface area (Å²) < 4.78 is 32.2. The topological polar surface area (TPSA) is 146 Å². The Labute approximate surface area is 306 Å². The Balaban J connectivity index is 4.03. The first-order valence-corrected chi connectivity index (χ1v) is 21.9. The lowest BCUT2D eigenvalue weighted by atomic mass is 9.92. The highest BCUT2D eigenvalue weighted by atomic mass is 32.3. The van der Waals surface area contributed by atoms with E-state index in [2.05, 4.69) is 32.3 Å². The van der Waals surface area contributed by atoms with Gasteiger partial charge >= 0.3 is 22.3 Å². The second kappa shape index (κ2) is 34.8. The summed E-state index contributed by atoms with van der Waals surface area (Å²) in [6.45, 7) is 5.80. The van der Waals surface area contributed by atoms with Crippen LogP contribution in [0.3, 0.4) is 0 Å². The summed E-state index contributed by atoms with van der Waals surface area (Å²) >= 11 is 0. The van der Waals surface area contributed by atoms with E-state index in [0.717, 1.165) is 44.9 Å². The molecule has 3 unspecified atom stereocenters. The lowest BCUT2D eigenvalue weighted by Crippen LogP contribution is -2.37. The molecule has 11 heteroatoms. The lowest BCUT2D eigenvalue weighted by molar-refractivity contribution is -0.250. The van der Waals surface area contributed by atoms with E-state index >= 15 is 0 Å². The largest absolute Gasteiger partial charge is 0.471 e. The van der Waals surface area contributed by atoms with Crippen LogP contribution >= 0.6 is 0 Å². The van der Waals surface area contributed by atoms with Crippen molar-refractivity contribution in [1.29, 1.82) is 0 Å². The monoisotopic (exact) mass is 737 g/mol. The van der Waals surface area contributed by atoms with Crippen molar-refractivity contribution in [3.63, 3.8) is 0 Å². The van der Waals surface area contributed by atoms with Gasteiger partial charge in [-0.3, -0.25) is 9.78 Å². The number of aliphatic hydroxyl groups excluding tert-OH is 2. The molecule has 0 aliphatic heterocycles. The molecule has 298 valence electrons. The highest BCUT2D eigenvalue weighted by Crippen LogP contribution is 2.21. The van der Waals surface area contributed by atoms with Crippen molar-refractivity contribution in [1.82, 2.24) is 0 Å². The molecular weight excluding hydrogens is 660 g/mol. The predicted octanol–water partition coefficient (Wildman–Crippen LogP) is 10.7. The quantitative estimate of drug-likeness (QED) is 0.0357. The van der Waals surface area contributed by atoms with Crippen LogP contribution in [0, 0.1) is 5.92 Å². The van der Waals surface area contributed by atoms with E-state index in [1.54, 1.807) is 0 Å². The van der Waals surface area contributed by atoms with Gasteiger partial charge in [0.1, 0.15) is 0 Å². The summed E-state index contributed by atoms with van der Waals surface area (Å²) in [6, 6.07) is 0. The van der Waals surface area contributed by atoms with E-state index < -0.39 is 40.5 Å². The third kappa shape index (κ3) is 31.5. The summed E-state index contributed by atoms with van der Waals surface area (Å²) in [4.78, 5) is 33.2. The van der Waals surface area contributed by atoms with Crippen molar-refractivity contribution < 1.29 is 46.7 Å². The molecule has 0 aromatic heterocycles. The summed E-state index contributed by atoms with van der Waals surface area (Å²) in [7, 11) is -4.99. The molecular formula is C39H76O10S. The molecule has 0 heterocycles. The highest BCUT2D eigenvalue weighted by Gasteiger charge is 2.33. The van der Waals surface area contributed by atoms with Crippen LogP contribution in [0.4, 0.5) is 0 Å². The van der Waals surface area contributed by atoms with Crippen molar-refractivity contribution in [3.8, 4) is 0 Å². The van der Waals surface area contributed by atoms with Gasteiger partial charge in [-0.1, -0.05) is 194 Å². The number of rotatable bonds is 38. The van der Waals surface area contributed by atoms with Crippen LogP contribution in [-0.2, 0) is 38.4 Å². The van der Waals surface area contributed by atoms with Gasteiger partial charge in [-0.2, -0.15) is 8.42 Å². The fourth-order valence-electron chi connectivity index (χ4n) is 6.23. The van der Waals surface area contributed by atoms with Gasteiger partial charge in [-0.25, -0.2) is 9.59 Å². The third-order valence-electron chi connectivity index (χ3n) is 9.47. The van der Waals surface area contributed by atoms with Crippen LogP contribution in [0.2, 0.25) is 0 Å². The van der Waals surface area contributed by atoms with Crippen molar-refractivity contribution in [2.24, 2.45) is 5.92 Å². The van der Waals surface area contributed by atoms with Crippen molar-refractivity contribution >= 4 is 22.3 Å². The van der Waals surface area contributed by atoms with E-state index in [9.17, 15) is 28.2 Å². The maximum absolute atomic E-state index is 12.6. The molecule has 0 aromatic rings. The average molecular weight is 737 g/mol. The Hall–Kier alpha value is -1.27. The molecule has 0 radical (unpaired) electrons. The molecule has 0 amide bonds. The van der Waals surface area contributed by atoms with E-state index in [-0.39, 0.29) is 12.8 Å². The highest BCUT2D eigenvalue weighted by molar-refractivity contribution is 7.81. The van der Waals surface area contributed by atoms with Crippen LogP contribution in [0.5, 0.6) is 0 Å². The SMILES string of the molecule is CCCCCCCCCCCCCCCCCC(=O)OOS(=O)(=O)OOC(=O)C(CCCCCCCCCCCCCCCC)C(O)C(C)O. The Morgan fingerprint density at radius 2 is 0.820 bits per heavy atom. The van der Waals surface area contributed by atoms with Crippen molar-refractivity contribution in [3.05, 3.63) is 0 Å². The number of hydrogen-bond donors (Lipinski definition) is 2. The molecule has 0 saturated heterocycles. The zero-order chi connectivity index (χ0) is 37.1. The van der Waals surface area contributed by atoms with Gasteiger partial charge in [0.25, 0.3) is 0 Å². The summed E-state index contributed by atoms with van der Waals surface area (Å²) in [5, 5.41) is 20.2. The van der Waals surface area contributed by atoms with Crippen LogP contribution in [-0.4, -0.2) is 42.8 Å². The second-order valence-corrected chi connectivity index (χ2v) is 15.4. The number of carbonyl (C=O) groups excluding carboxylic acids is 2. The van der Waals surface area contributed by atoms with E-state index in [1.807, 2.05) is 0 Å². The third-order valence-corrected chi connectivity index (χ3v) is 9.94. The summed E-state index contributed by atoms with van der Waals surface area (Å²) in [6.07, 6.45) is 31.6. The molecule has 0 spiro atoms. The molecule has 0 saturated carbocycles. The molecule has 50 heavy (non-hydrogen) atoms. The molecule has 0 aliphatic carbocycles. The molecule has 3 atom stereocenters. The molecule has 0 rings (SSSR count). The first-order chi connectivity index (χ1) is 24.1. The Morgan fingerprint density at radius 3 is 1.18 bits per heavy atom. The van der Waals surface area contributed by atoms with Gasteiger partial charge in [-0.15, -0.1) is 0 Å². The van der Waals surface area contributed by atoms with E-state index in [1.165, 1.54) is 135 Å². The fraction of sp³-hybridized carbons (Fsp3) is 0.949. The van der Waals surface area contributed by atoms with Gasteiger partial charge < -0.3 is 10.2 Å². The molecule has 0 aromatic carbocycles. The standard InChI is InChI=1S/C39H76O10S/c1-4-6-8-10-12-14-16-18-20-22-24-26-28-30-32-34-37(41)46-48-50(44,45)49-47-39(43)36(38(42)35(3)40)33-31-29-27-25-23-21-19-17-15-13-11-9-7-5-2/h35-36,38,40,42H,4-34H2,1-3H3. The maximum atomic E-state index is 12.6. The Morgan fingerprint density at radius 1 is 0.500 bits per heavy atom.